The summed E-state index contributed by atoms with van der Waals surface area (Å²) in [6.45, 7) is 7.81. The van der Waals surface area contributed by atoms with E-state index >= 15 is 0 Å². The van der Waals surface area contributed by atoms with Crippen molar-refractivity contribution in [1.29, 1.82) is 0 Å². The van der Waals surface area contributed by atoms with Crippen molar-refractivity contribution in [2.45, 2.75) is 25.9 Å². The summed E-state index contributed by atoms with van der Waals surface area (Å²) >= 11 is 1.66. The predicted molar refractivity (Wildman–Crippen MR) is 154 cm³/mol. The van der Waals surface area contributed by atoms with E-state index < -0.39 is 0 Å². The first kappa shape index (κ1) is 25.1. The lowest BCUT2D eigenvalue weighted by atomic mass is 10.2. The molecule has 1 atom stereocenters. The number of piperazine rings is 1. The fraction of sp³-hybridized carbons (Fsp3) is 0.407. The van der Waals surface area contributed by atoms with E-state index in [0.29, 0.717) is 29.9 Å². The minimum absolute atomic E-state index is 0.122. The largest absolute Gasteiger partial charge is 0.477 e. The highest BCUT2D eigenvalue weighted by Gasteiger charge is 2.26. The first-order valence-electron chi connectivity index (χ1n) is 13.5. The number of aromatic nitrogens is 8. The van der Waals surface area contributed by atoms with Crippen molar-refractivity contribution >= 4 is 33.9 Å². The highest BCUT2D eigenvalue weighted by molar-refractivity contribution is 7.15. The van der Waals surface area contributed by atoms with E-state index in [9.17, 15) is 0 Å². The molecule has 13 heteroatoms. The van der Waals surface area contributed by atoms with Crippen LogP contribution in [0.15, 0.2) is 36.9 Å². The van der Waals surface area contributed by atoms with Crippen LogP contribution in [0.25, 0.3) is 33.0 Å². The van der Waals surface area contributed by atoms with Gasteiger partial charge in [-0.2, -0.15) is 10.2 Å². The highest BCUT2D eigenvalue weighted by Crippen LogP contribution is 2.39. The zero-order chi connectivity index (χ0) is 27.2. The molecule has 0 unspecified atom stereocenters. The van der Waals surface area contributed by atoms with E-state index in [-0.39, 0.29) is 6.04 Å². The van der Waals surface area contributed by atoms with Crippen molar-refractivity contribution in [3.8, 4) is 28.0 Å². The van der Waals surface area contributed by atoms with Crippen LogP contribution in [-0.4, -0.2) is 89.1 Å². The van der Waals surface area contributed by atoms with Crippen molar-refractivity contribution in [2.24, 2.45) is 7.05 Å². The predicted octanol–water partition coefficient (Wildman–Crippen LogP) is 3.58. The van der Waals surface area contributed by atoms with Gasteiger partial charge < -0.3 is 15.0 Å². The molecule has 2 aliphatic heterocycles. The van der Waals surface area contributed by atoms with Gasteiger partial charge >= 0.3 is 0 Å². The lowest BCUT2D eigenvalue weighted by molar-refractivity contribution is 0.149. The van der Waals surface area contributed by atoms with Gasteiger partial charge in [0.2, 0.25) is 5.88 Å². The number of anilines is 2. The van der Waals surface area contributed by atoms with Crippen LogP contribution in [0.1, 0.15) is 24.3 Å². The fourth-order valence-corrected chi connectivity index (χ4v) is 6.18. The molecule has 1 fully saturated rings. The van der Waals surface area contributed by atoms with Crippen molar-refractivity contribution in [3.63, 3.8) is 0 Å². The summed E-state index contributed by atoms with van der Waals surface area (Å²) in [5.74, 6) is 2.47. The molecule has 0 aliphatic carbocycles. The van der Waals surface area contributed by atoms with Gasteiger partial charge in [0.05, 0.1) is 24.4 Å². The Kier molecular flexibility index (Phi) is 6.41. The number of ether oxygens (including phenoxy) is 1. The average Bonchev–Trinajstić information content (AvgIpc) is 3.67. The molecule has 7 heterocycles. The first-order valence-corrected chi connectivity index (χ1v) is 14.3. The number of fused-ring (bicyclic) bond motifs is 5. The van der Waals surface area contributed by atoms with Gasteiger partial charge in [0, 0.05) is 81.1 Å². The molecule has 206 valence electrons. The molecule has 1 saturated heterocycles. The molecule has 5 aromatic heterocycles. The van der Waals surface area contributed by atoms with Crippen molar-refractivity contribution in [2.75, 3.05) is 45.2 Å². The Labute approximate surface area is 235 Å². The summed E-state index contributed by atoms with van der Waals surface area (Å²) < 4.78 is 10.2. The zero-order valence-corrected chi connectivity index (χ0v) is 23.6. The van der Waals surface area contributed by atoms with E-state index in [0.717, 1.165) is 66.3 Å². The number of rotatable bonds is 3. The summed E-state index contributed by atoms with van der Waals surface area (Å²) in [4.78, 5) is 24.9. The third-order valence-corrected chi connectivity index (χ3v) is 8.52. The highest BCUT2D eigenvalue weighted by atomic mass is 32.1. The summed E-state index contributed by atoms with van der Waals surface area (Å²) in [7, 11) is 4.06. The second kappa shape index (κ2) is 10.2. The van der Waals surface area contributed by atoms with Crippen molar-refractivity contribution < 1.29 is 4.74 Å². The first-order chi connectivity index (χ1) is 19.5. The summed E-state index contributed by atoms with van der Waals surface area (Å²) in [6, 6.07) is 3.96. The SMILES string of the molecule is C[C@H]1CCOc2c(c(-c3ncc(CN4CCN(C)CC4)s3)nn2C)-c2nccc(n2)Nc2cc3c(cn2)cnn31. The number of nitrogens with one attached hydrogen (secondary N) is 1. The maximum absolute atomic E-state index is 6.41. The average molecular weight is 558 g/mol. The number of hydrogen-bond donors (Lipinski definition) is 1. The molecule has 0 radical (unpaired) electrons. The van der Waals surface area contributed by atoms with Crippen LogP contribution < -0.4 is 10.1 Å². The maximum Gasteiger partial charge on any atom is 0.223 e. The smallest absolute Gasteiger partial charge is 0.223 e. The van der Waals surface area contributed by atoms with Crippen LogP contribution in [0, 0.1) is 0 Å². The zero-order valence-electron chi connectivity index (χ0n) is 22.8. The van der Waals surface area contributed by atoms with Crippen LogP contribution in [0.4, 0.5) is 11.6 Å². The molecule has 5 aromatic rings. The monoisotopic (exact) mass is 557 g/mol. The second-order valence-electron chi connectivity index (χ2n) is 10.5. The molecular weight excluding hydrogens is 526 g/mol. The Morgan fingerprint density at radius 3 is 2.80 bits per heavy atom. The van der Waals surface area contributed by atoms with Crippen LogP contribution in [0.5, 0.6) is 5.88 Å². The number of likely N-dealkylation sites (N-methyl/N-ethyl adjacent to an activating group) is 1. The molecule has 0 aromatic carbocycles. The molecular formula is C27H31N11OS. The minimum atomic E-state index is 0.122. The molecule has 12 nitrogen and oxygen atoms in total. The second-order valence-corrected chi connectivity index (χ2v) is 11.6. The normalized spacial score (nSPS) is 18.3. The molecule has 0 saturated carbocycles. The van der Waals surface area contributed by atoms with E-state index in [2.05, 4.69) is 44.2 Å². The Hall–Kier alpha value is -3.94. The quantitative estimate of drug-likeness (QED) is 0.353. The lowest BCUT2D eigenvalue weighted by Gasteiger charge is -2.31. The van der Waals surface area contributed by atoms with E-state index in [4.69, 9.17) is 19.8 Å². The van der Waals surface area contributed by atoms with Crippen molar-refractivity contribution in [1.82, 2.24) is 49.3 Å². The summed E-state index contributed by atoms with van der Waals surface area (Å²) in [5, 5.41) is 14.7. The third kappa shape index (κ3) is 4.69. The molecule has 4 bridgehead atoms. The van der Waals surface area contributed by atoms with Gasteiger partial charge in [0.15, 0.2) is 5.82 Å². The van der Waals surface area contributed by atoms with Crippen LogP contribution in [-0.2, 0) is 13.6 Å². The standard InChI is InChI=1S/C27H31N11OS/c1-17-5-11-39-27-23(24(34-36(27)3)26-30-15-19(40-26)16-37-9-7-35(2)8-10-37)25-28-6-4-21(33-25)32-22-12-20-18(13-29-22)14-31-38(17)20/h4,6,12-15,17H,5,7-11,16H2,1-3H3,(H,28,29,32,33)/t17-/m0/s1. The number of pyridine rings is 1. The summed E-state index contributed by atoms with van der Waals surface area (Å²) in [6.07, 6.45) is 8.14. The fourth-order valence-electron chi connectivity index (χ4n) is 5.23. The van der Waals surface area contributed by atoms with Crippen LogP contribution >= 0.6 is 11.3 Å². The minimum Gasteiger partial charge on any atom is -0.477 e. The third-order valence-electron chi connectivity index (χ3n) is 7.53. The topological polar surface area (TPSA) is 115 Å². The van der Waals surface area contributed by atoms with Gasteiger partial charge in [-0.3, -0.25) is 9.58 Å². The number of hydrogen-bond acceptors (Lipinski definition) is 11. The Balaban J connectivity index is 1.27. The van der Waals surface area contributed by atoms with E-state index in [1.807, 2.05) is 42.5 Å². The molecule has 2 aliphatic rings. The van der Waals surface area contributed by atoms with Gasteiger partial charge in [-0.25, -0.2) is 24.6 Å². The number of thiazole rings is 1. The van der Waals surface area contributed by atoms with Crippen molar-refractivity contribution in [3.05, 3.63) is 41.8 Å². The van der Waals surface area contributed by atoms with E-state index in [1.165, 1.54) is 4.88 Å². The van der Waals surface area contributed by atoms with Gasteiger partial charge in [-0.05, 0) is 20.0 Å². The summed E-state index contributed by atoms with van der Waals surface area (Å²) in [5.41, 5.74) is 2.47. The lowest BCUT2D eigenvalue weighted by Crippen LogP contribution is -2.43. The van der Waals surface area contributed by atoms with Crippen LogP contribution in [0.2, 0.25) is 0 Å². The molecule has 0 amide bonds. The van der Waals surface area contributed by atoms with Gasteiger partial charge in [0.25, 0.3) is 0 Å². The van der Waals surface area contributed by atoms with Gasteiger partial charge in [-0.1, -0.05) is 0 Å². The Morgan fingerprint density at radius 2 is 1.93 bits per heavy atom. The van der Waals surface area contributed by atoms with Gasteiger partial charge in [0.1, 0.15) is 27.9 Å². The van der Waals surface area contributed by atoms with E-state index in [1.54, 1.807) is 22.2 Å². The molecule has 1 N–H and O–H groups in total. The molecule has 0 spiro atoms. The van der Waals surface area contributed by atoms with Crippen LogP contribution in [0.3, 0.4) is 0 Å². The Morgan fingerprint density at radius 1 is 1.05 bits per heavy atom. The Bertz CT molecular complexity index is 1670. The van der Waals surface area contributed by atoms with Gasteiger partial charge in [-0.15, -0.1) is 11.3 Å². The molecule has 7 rings (SSSR count). The number of aryl methyl sites for hydroxylation is 1. The number of nitrogens with zero attached hydrogens (tertiary/aromatic N) is 10. The maximum atomic E-state index is 6.41. The molecule has 40 heavy (non-hydrogen) atoms.